The Hall–Kier alpha value is -1.54. The number of carbonyl (C=O) groups excluding carboxylic acids is 1. The summed E-state index contributed by atoms with van der Waals surface area (Å²) in [5.74, 6) is -0.370. The Kier molecular flexibility index (Phi) is 3.95. The van der Waals surface area contributed by atoms with Crippen molar-refractivity contribution in [2.24, 2.45) is 0 Å². The van der Waals surface area contributed by atoms with Gasteiger partial charge in [-0.1, -0.05) is 0 Å². The molecule has 0 fully saturated rings. The van der Waals surface area contributed by atoms with Gasteiger partial charge in [0.25, 0.3) is 0 Å². The van der Waals surface area contributed by atoms with Gasteiger partial charge in [-0.15, -0.1) is 5.10 Å². The van der Waals surface area contributed by atoms with E-state index in [1.165, 1.54) is 11.0 Å². The zero-order valence-corrected chi connectivity index (χ0v) is 7.37. The summed E-state index contributed by atoms with van der Waals surface area (Å²) in [6, 6.07) is -0.640. The second-order valence-electron chi connectivity index (χ2n) is 2.64. The number of carbonyl (C=O) groups is 1. The Morgan fingerprint density at radius 2 is 2.21 bits per heavy atom. The van der Waals surface area contributed by atoms with Gasteiger partial charge < -0.3 is 15.5 Å². The van der Waals surface area contributed by atoms with Gasteiger partial charge in [-0.2, -0.15) is 0 Å². The van der Waals surface area contributed by atoms with Crippen LogP contribution in [0, 0.1) is 0 Å². The van der Waals surface area contributed by atoms with Crippen LogP contribution in [0.3, 0.4) is 0 Å². The number of hydrogen-bond acceptors (Lipinski definition) is 6. The molecule has 0 aliphatic carbocycles. The van der Waals surface area contributed by atoms with E-state index in [9.17, 15) is 4.79 Å². The SMILES string of the molecule is O=C(Cn1cnnn1)NC(CO)CO. The average Bonchev–Trinajstić information content (AvgIpc) is 2.66. The highest BCUT2D eigenvalue weighted by molar-refractivity contribution is 5.75. The monoisotopic (exact) mass is 201 g/mol. The number of aliphatic hydroxyl groups excluding tert-OH is 2. The van der Waals surface area contributed by atoms with Gasteiger partial charge in [0.05, 0.1) is 19.3 Å². The maximum atomic E-state index is 11.2. The lowest BCUT2D eigenvalue weighted by molar-refractivity contribution is -0.123. The van der Waals surface area contributed by atoms with Gasteiger partial charge in [-0.25, -0.2) is 4.68 Å². The predicted molar refractivity (Wildman–Crippen MR) is 43.9 cm³/mol. The van der Waals surface area contributed by atoms with Crippen molar-refractivity contribution in [3.8, 4) is 0 Å². The van der Waals surface area contributed by atoms with Gasteiger partial charge in [-0.05, 0) is 10.4 Å². The molecule has 8 heteroatoms. The molecule has 1 rings (SSSR count). The lowest BCUT2D eigenvalue weighted by atomic mass is 10.3. The van der Waals surface area contributed by atoms with Crippen LogP contribution in [0.25, 0.3) is 0 Å². The van der Waals surface area contributed by atoms with E-state index < -0.39 is 6.04 Å². The second kappa shape index (κ2) is 5.25. The van der Waals surface area contributed by atoms with Crippen LogP contribution in [0.4, 0.5) is 0 Å². The minimum Gasteiger partial charge on any atom is -0.394 e. The first-order valence-electron chi connectivity index (χ1n) is 3.98. The van der Waals surface area contributed by atoms with Crippen LogP contribution in [0.1, 0.15) is 0 Å². The van der Waals surface area contributed by atoms with Crippen LogP contribution in [0.2, 0.25) is 0 Å². The van der Waals surface area contributed by atoms with Crippen molar-refractivity contribution in [1.82, 2.24) is 25.5 Å². The highest BCUT2D eigenvalue weighted by Gasteiger charge is 2.10. The smallest absolute Gasteiger partial charge is 0.242 e. The Balaban J connectivity index is 2.35. The van der Waals surface area contributed by atoms with E-state index in [0.29, 0.717) is 0 Å². The van der Waals surface area contributed by atoms with Crippen LogP contribution in [-0.2, 0) is 11.3 Å². The number of rotatable bonds is 5. The molecule has 0 saturated carbocycles. The van der Waals surface area contributed by atoms with Crippen molar-refractivity contribution in [1.29, 1.82) is 0 Å². The number of hydrogen-bond donors (Lipinski definition) is 3. The van der Waals surface area contributed by atoms with Gasteiger partial charge in [0.2, 0.25) is 5.91 Å². The predicted octanol–water partition coefficient (Wildman–Crippen LogP) is -2.86. The molecule has 14 heavy (non-hydrogen) atoms. The normalized spacial score (nSPS) is 10.5. The Labute approximate surface area is 79.5 Å². The summed E-state index contributed by atoms with van der Waals surface area (Å²) in [7, 11) is 0. The van der Waals surface area contributed by atoms with Crippen molar-refractivity contribution >= 4 is 5.91 Å². The number of nitrogens with zero attached hydrogens (tertiary/aromatic N) is 4. The van der Waals surface area contributed by atoms with Crippen LogP contribution in [0.5, 0.6) is 0 Å². The molecule has 0 radical (unpaired) electrons. The van der Waals surface area contributed by atoms with Crippen LogP contribution >= 0.6 is 0 Å². The molecule has 78 valence electrons. The number of amides is 1. The number of nitrogens with one attached hydrogen (secondary N) is 1. The Morgan fingerprint density at radius 3 is 2.71 bits per heavy atom. The summed E-state index contributed by atoms with van der Waals surface area (Å²) in [5.41, 5.74) is 0. The van der Waals surface area contributed by atoms with E-state index in [-0.39, 0.29) is 25.7 Å². The van der Waals surface area contributed by atoms with Crippen molar-refractivity contribution in [2.45, 2.75) is 12.6 Å². The number of tetrazole rings is 1. The van der Waals surface area contributed by atoms with E-state index in [2.05, 4.69) is 20.8 Å². The second-order valence-corrected chi connectivity index (χ2v) is 2.64. The van der Waals surface area contributed by atoms with Crippen molar-refractivity contribution in [2.75, 3.05) is 13.2 Å². The summed E-state index contributed by atoms with van der Waals surface area (Å²) in [6.45, 7) is -0.654. The first-order chi connectivity index (χ1) is 6.76. The van der Waals surface area contributed by atoms with Crippen LogP contribution < -0.4 is 5.32 Å². The highest BCUT2D eigenvalue weighted by Crippen LogP contribution is 1.83. The maximum absolute atomic E-state index is 11.2. The van der Waals surface area contributed by atoms with Gasteiger partial charge in [0.1, 0.15) is 12.9 Å². The van der Waals surface area contributed by atoms with Gasteiger partial charge >= 0.3 is 0 Å². The molecule has 0 unspecified atom stereocenters. The molecule has 3 N–H and O–H groups in total. The summed E-state index contributed by atoms with van der Waals surface area (Å²) in [5, 5.41) is 29.9. The minimum absolute atomic E-state index is 0.0382. The van der Waals surface area contributed by atoms with E-state index in [1.54, 1.807) is 0 Å². The zero-order valence-electron chi connectivity index (χ0n) is 7.37. The topological polar surface area (TPSA) is 113 Å². The molecule has 1 aromatic heterocycles. The quantitative estimate of drug-likeness (QED) is 0.472. The fourth-order valence-electron chi connectivity index (χ4n) is 0.822. The molecule has 1 aromatic rings. The van der Waals surface area contributed by atoms with E-state index in [4.69, 9.17) is 10.2 Å². The van der Waals surface area contributed by atoms with Gasteiger partial charge in [0.15, 0.2) is 0 Å². The van der Waals surface area contributed by atoms with Crippen LogP contribution in [0.15, 0.2) is 6.33 Å². The minimum atomic E-state index is -0.640. The van der Waals surface area contributed by atoms with Gasteiger partial charge in [0, 0.05) is 0 Å². The van der Waals surface area contributed by atoms with Gasteiger partial charge in [-0.3, -0.25) is 4.79 Å². The molecule has 1 heterocycles. The zero-order chi connectivity index (χ0) is 10.4. The summed E-state index contributed by atoms with van der Waals surface area (Å²) >= 11 is 0. The van der Waals surface area contributed by atoms with Crippen molar-refractivity contribution < 1.29 is 15.0 Å². The Bertz CT molecular complexity index is 271. The highest BCUT2D eigenvalue weighted by atomic mass is 16.3. The molecule has 8 nitrogen and oxygen atoms in total. The van der Waals surface area contributed by atoms with E-state index >= 15 is 0 Å². The standard InChI is InChI=1S/C6H11N5O3/c12-2-5(3-13)8-6(14)1-11-4-7-9-10-11/h4-5,12-13H,1-3H2,(H,8,14). The largest absolute Gasteiger partial charge is 0.394 e. The maximum Gasteiger partial charge on any atom is 0.242 e. The van der Waals surface area contributed by atoms with Crippen molar-refractivity contribution in [3.05, 3.63) is 6.33 Å². The molecule has 0 saturated heterocycles. The molecule has 0 aromatic carbocycles. The number of aliphatic hydroxyl groups is 2. The fourth-order valence-corrected chi connectivity index (χ4v) is 0.822. The summed E-state index contributed by atoms with van der Waals surface area (Å²) < 4.78 is 1.24. The molecule has 1 amide bonds. The molecule has 0 aliphatic rings. The van der Waals surface area contributed by atoms with E-state index in [0.717, 1.165) is 0 Å². The first-order valence-corrected chi connectivity index (χ1v) is 3.98. The van der Waals surface area contributed by atoms with Crippen LogP contribution in [-0.4, -0.2) is 55.6 Å². The third-order valence-corrected chi connectivity index (χ3v) is 1.50. The first kappa shape index (κ1) is 10.5. The van der Waals surface area contributed by atoms with Crippen molar-refractivity contribution in [3.63, 3.8) is 0 Å². The lowest BCUT2D eigenvalue weighted by Gasteiger charge is -2.12. The third kappa shape index (κ3) is 3.07. The molecular formula is C6H11N5O3. The fraction of sp³-hybridized carbons (Fsp3) is 0.667. The average molecular weight is 201 g/mol. The molecule has 0 atom stereocenters. The lowest BCUT2D eigenvalue weighted by Crippen LogP contribution is -2.41. The number of aromatic nitrogens is 4. The third-order valence-electron chi connectivity index (χ3n) is 1.50. The summed E-state index contributed by atoms with van der Waals surface area (Å²) in [4.78, 5) is 11.2. The Morgan fingerprint density at radius 1 is 1.50 bits per heavy atom. The molecular weight excluding hydrogens is 190 g/mol. The molecule has 0 spiro atoms. The molecule has 0 aliphatic heterocycles. The molecule has 0 bridgehead atoms. The van der Waals surface area contributed by atoms with E-state index in [1.807, 2.05) is 0 Å². The summed E-state index contributed by atoms with van der Waals surface area (Å²) in [6.07, 6.45) is 1.30.